The van der Waals surface area contributed by atoms with Gasteiger partial charge in [0, 0.05) is 13.1 Å². The van der Waals surface area contributed by atoms with Crippen molar-refractivity contribution < 1.29 is 8.42 Å². The van der Waals surface area contributed by atoms with Crippen molar-refractivity contribution in [2.45, 2.75) is 37.8 Å². The molecule has 1 heterocycles. The van der Waals surface area contributed by atoms with Crippen LogP contribution in [-0.2, 0) is 10.0 Å². The second kappa shape index (κ2) is 6.13. The van der Waals surface area contributed by atoms with Gasteiger partial charge in [0.1, 0.15) is 0 Å². The summed E-state index contributed by atoms with van der Waals surface area (Å²) in [6, 6.07) is 0. The smallest absolute Gasteiger partial charge is 0.229 e. The standard InChI is InChI=1S/C10H17ClN2O2S2/c1-4-6-13(7-5-2)17(14,15)9-8(3)12-10(11)16-9/h4-7H2,1-3H3. The Kier molecular flexibility index (Phi) is 5.37. The number of hydrogen-bond donors (Lipinski definition) is 0. The van der Waals surface area contributed by atoms with Gasteiger partial charge in [-0.1, -0.05) is 36.8 Å². The molecule has 0 unspecified atom stereocenters. The zero-order valence-electron chi connectivity index (χ0n) is 10.2. The Hall–Kier alpha value is -0.170. The molecule has 1 aromatic heterocycles. The number of hydrogen-bond acceptors (Lipinski definition) is 4. The summed E-state index contributed by atoms with van der Waals surface area (Å²) in [6.07, 6.45) is 1.59. The van der Waals surface area contributed by atoms with Crippen LogP contribution in [-0.4, -0.2) is 30.8 Å². The molecule has 0 aliphatic heterocycles. The van der Waals surface area contributed by atoms with Crippen LogP contribution in [0.4, 0.5) is 0 Å². The van der Waals surface area contributed by atoms with Gasteiger partial charge in [-0.25, -0.2) is 13.4 Å². The first kappa shape index (κ1) is 14.9. The van der Waals surface area contributed by atoms with Crippen molar-refractivity contribution in [3.63, 3.8) is 0 Å². The molecule has 4 nitrogen and oxygen atoms in total. The highest BCUT2D eigenvalue weighted by atomic mass is 35.5. The Bertz CT molecular complexity index is 465. The van der Waals surface area contributed by atoms with Gasteiger partial charge in [-0.2, -0.15) is 4.31 Å². The number of sulfonamides is 1. The maximum atomic E-state index is 12.4. The van der Waals surface area contributed by atoms with Gasteiger partial charge in [0.15, 0.2) is 8.68 Å². The van der Waals surface area contributed by atoms with E-state index in [1.807, 2.05) is 13.8 Å². The van der Waals surface area contributed by atoms with Crippen molar-refractivity contribution in [3.05, 3.63) is 10.2 Å². The normalized spacial score (nSPS) is 12.3. The number of nitrogens with zero attached hydrogens (tertiary/aromatic N) is 2. The van der Waals surface area contributed by atoms with Gasteiger partial charge in [0.05, 0.1) is 5.69 Å². The third-order valence-corrected chi connectivity index (χ3v) is 6.00. The zero-order chi connectivity index (χ0) is 13.1. The average Bonchev–Trinajstić information content (AvgIpc) is 2.58. The fourth-order valence-corrected chi connectivity index (χ4v) is 5.06. The number of aromatic nitrogens is 1. The molecule has 7 heteroatoms. The SMILES string of the molecule is CCCN(CCC)S(=O)(=O)c1sc(Cl)nc1C. The minimum absolute atomic E-state index is 0.268. The van der Waals surface area contributed by atoms with Crippen LogP contribution >= 0.6 is 22.9 Å². The second-order valence-electron chi connectivity index (χ2n) is 3.74. The summed E-state index contributed by atoms with van der Waals surface area (Å²) in [6.45, 7) is 6.66. The maximum Gasteiger partial charge on any atom is 0.254 e. The molecule has 0 amide bonds. The van der Waals surface area contributed by atoms with E-state index >= 15 is 0 Å². The third-order valence-electron chi connectivity index (χ3n) is 2.25. The number of thiazole rings is 1. The second-order valence-corrected chi connectivity index (χ2v) is 7.46. The van der Waals surface area contributed by atoms with E-state index in [9.17, 15) is 8.42 Å². The van der Waals surface area contributed by atoms with Crippen molar-refractivity contribution in [2.24, 2.45) is 0 Å². The lowest BCUT2D eigenvalue weighted by molar-refractivity contribution is 0.411. The van der Waals surface area contributed by atoms with E-state index in [-0.39, 0.29) is 8.68 Å². The minimum atomic E-state index is -3.43. The molecule has 0 spiro atoms. The Morgan fingerprint density at radius 1 is 1.29 bits per heavy atom. The molecular weight excluding hydrogens is 280 g/mol. The number of halogens is 1. The summed E-state index contributed by atoms with van der Waals surface area (Å²) in [7, 11) is -3.43. The Morgan fingerprint density at radius 2 is 1.82 bits per heavy atom. The summed E-state index contributed by atoms with van der Waals surface area (Å²) in [5.74, 6) is 0. The molecule has 0 fully saturated rings. The highest BCUT2D eigenvalue weighted by molar-refractivity contribution is 7.91. The summed E-state index contributed by atoms with van der Waals surface area (Å²) in [4.78, 5) is 3.96. The van der Waals surface area contributed by atoms with Gasteiger partial charge in [0.2, 0.25) is 0 Å². The molecule has 0 aliphatic carbocycles. The fraction of sp³-hybridized carbons (Fsp3) is 0.700. The van der Waals surface area contributed by atoms with Crippen LogP contribution in [0.2, 0.25) is 4.47 Å². The highest BCUT2D eigenvalue weighted by Crippen LogP contribution is 2.29. The molecule has 1 aromatic rings. The van der Waals surface area contributed by atoms with Crippen LogP contribution in [0.25, 0.3) is 0 Å². The first-order valence-electron chi connectivity index (χ1n) is 5.56. The first-order chi connectivity index (χ1) is 7.93. The Morgan fingerprint density at radius 3 is 2.18 bits per heavy atom. The molecule has 0 aromatic carbocycles. The minimum Gasteiger partial charge on any atom is -0.229 e. The zero-order valence-corrected chi connectivity index (χ0v) is 12.6. The summed E-state index contributed by atoms with van der Waals surface area (Å²) in [5, 5.41) is 0. The number of aryl methyl sites for hydroxylation is 1. The van der Waals surface area contributed by atoms with Crippen LogP contribution in [0.5, 0.6) is 0 Å². The van der Waals surface area contributed by atoms with E-state index in [0.717, 1.165) is 24.2 Å². The molecule has 0 aliphatic rings. The average molecular weight is 297 g/mol. The topological polar surface area (TPSA) is 50.3 Å². The van der Waals surface area contributed by atoms with Crippen LogP contribution in [0, 0.1) is 6.92 Å². The van der Waals surface area contributed by atoms with Crippen LogP contribution in [0.1, 0.15) is 32.4 Å². The van der Waals surface area contributed by atoms with Gasteiger partial charge < -0.3 is 0 Å². The third kappa shape index (κ3) is 3.40. The lowest BCUT2D eigenvalue weighted by Crippen LogP contribution is -2.32. The predicted octanol–water partition coefficient (Wildman–Crippen LogP) is 2.92. The van der Waals surface area contributed by atoms with E-state index in [2.05, 4.69) is 4.98 Å². The Labute approximate surface area is 112 Å². The van der Waals surface area contributed by atoms with Crippen LogP contribution in [0.3, 0.4) is 0 Å². The predicted molar refractivity (Wildman–Crippen MR) is 71.2 cm³/mol. The molecule has 0 radical (unpaired) electrons. The van der Waals surface area contributed by atoms with E-state index in [0.29, 0.717) is 18.8 Å². The van der Waals surface area contributed by atoms with Crippen molar-refractivity contribution in [3.8, 4) is 0 Å². The largest absolute Gasteiger partial charge is 0.254 e. The number of rotatable bonds is 6. The molecular formula is C10H17ClN2O2S2. The van der Waals surface area contributed by atoms with Gasteiger partial charge in [0.25, 0.3) is 10.0 Å². The van der Waals surface area contributed by atoms with Crippen molar-refractivity contribution in [2.75, 3.05) is 13.1 Å². The van der Waals surface area contributed by atoms with Gasteiger partial charge in [-0.3, -0.25) is 0 Å². The lowest BCUT2D eigenvalue weighted by Gasteiger charge is -2.20. The summed E-state index contributed by atoms with van der Waals surface area (Å²) >= 11 is 6.78. The molecule has 0 saturated heterocycles. The molecule has 17 heavy (non-hydrogen) atoms. The molecule has 98 valence electrons. The maximum absolute atomic E-state index is 12.4. The van der Waals surface area contributed by atoms with E-state index < -0.39 is 10.0 Å². The van der Waals surface area contributed by atoms with E-state index in [1.54, 1.807) is 6.92 Å². The molecule has 0 saturated carbocycles. The summed E-state index contributed by atoms with van der Waals surface area (Å²) in [5.41, 5.74) is 0.484. The quantitative estimate of drug-likeness (QED) is 0.811. The monoisotopic (exact) mass is 296 g/mol. The molecule has 1 rings (SSSR count). The van der Waals surface area contributed by atoms with Gasteiger partial charge in [-0.15, -0.1) is 0 Å². The van der Waals surface area contributed by atoms with Crippen molar-refractivity contribution in [1.29, 1.82) is 0 Å². The van der Waals surface area contributed by atoms with Crippen molar-refractivity contribution >= 4 is 33.0 Å². The summed E-state index contributed by atoms with van der Waals surface area (Å²) < 4.78 is 26.8. The van der Waals surface area contributed by atoms with Crippen LogP contribution < -0.4 is 0 Å². The molecule has 0 N–H and O–H groups in total. The molecule has 0 atom stereocenters. The van der Waals surface area contributed by atoms with E-state index in [1.165, 1.54) is 4.31 Å². The van der Waals surface area contributed by atoms with Gasteiger partial charge >= 0.3 is 0 Å². The molecule has 0 bridgehead atoms. The van der Waals surface area contributed by atoms with E-state index in [4.69, 9.17) is 11.6 Å². The van der Waals surface area contributed by atoms with Crippen molar-refractivity contribution in [1.82, 2.24) is 9.29 Å². The van der Waals surface area contributed by atoms with Gasteiger partial charge in [-0.05, 0) is 19.8 Å². The lowest BCUT2D eigenvalue weighted by atomic mass is 10.4. The first-order valence-corrected chi connectivity index (χ1v) is 8.20. The van der Waals surface area contributed by atoms with Crippen LogP contribution in [0.15, 0.2) is 4.21 Å². The highest BCUT2D eigenvalue weighted by Gasteiger charge is 2.27. The fourth-order valence-electron chi connectivity index (χ4n) is 1.56. The Balaban J connectivity index is 3.11.